The minimum absolute atomic E-state index is 0.148. The molecule has 0 saturated heterocycles. The van der Waals surface area contributed by atoms with Gasteiger partial charge in [0.15, 0.2) is 0 Å². The van der Waals surface area contributed by atoms with E-state index in [0.29, 0.717) is 5.56 Å². The fourth-order valence-corrected chi connectivity index (χ4v) is 2.23. The summed E-state index contributed by atoms with van der Waals surface area (Å²) in [6, 6.07) is 15.6. The normalized spacial score (nSPS) is 8.52. The standard InChI is InChI=1S/C15H12O2.4C2H6/c16-9-14-13-8-11-4-2-1-3-10(11)7-12(13)5-6-15(14)17;4*1-2/h1-8,16-17H,9H2;4*1-2H3. The van der Waals surface area contributed by atoms with Crippen molar-refractivity contribution in [3.05, 3.63) is 54.1 Å². The highest BCUT2D eigenvalue weighted by atomic mass is 16.3. The average molecular weight is 345 g/mol. The summed E-state index contributed by atoms with van der Waals surface area (Å²) < 4.78 is 0. The number of hydrogen-bond acceptors (Lipinski definition) is 2. The van der Waals surface area contributed by atoms with Crippen LogP contribution in [0.5, 0.6) is 5.75 Å². The second-order valence-corrected chi connectivity index (χ2v) is 4.14. The van der Waals surface area contributed by atoms with E-state index in [4.69, 9.17) is 0 Å². The fourth-order valence-electron chi connectivity index (χ4n) is 2.23. The van der Waals surface area contributed by atoms with Crippen LogP contribution in [0.3, 0.4) is 0 Å². The van der Waals surface area contributed by atoms with Gasteiger partial charge in [-0.05, 0) is 39.7 Å². The van der Waals surface area contributed by atoms with Gasteiger partial charge in [-0.1, -0.05) is 85.7 Å². The molecule has 3 aromatic rings. The molecule has 0 aliphatic heterocycles. The molecule has 2 nitrogen and oxygen atoms in total. The Labute approximate surface area is 154 Å². The van der Waals surface area contributed by atoms with Crippen LogP contribution in [0.4, 0.5) is 0 Å². The number of aliphatic hydroxyl groups excluding tert-OH is 1. The molecule has 0 fully saturated rings. The zero-order chi connectivity index (χ0) is 19.8. The maximum atomic E-state index is 9.72. The summed E-state index contributed by atoms with van der Waals surface area (Å²) in [6.45, 7) is 15.8. The molecule has 2 heteroatoms. The second kappa shape index (κ2) is 15.5. The van der Waals surface area contributed by atoms with Crippen LogP contribution in [0.25, 0.3) is 21.5 Å². The van der Waals surface area contributed by atoms with Crippen molar-refractivity contribution < 1.29 is 10.2 Å². The lowest BCUT2D eigenvalue weighted by molar-refractivity contribution is 0.277. The van der Waals surface area contributed by atoms with Gasteiger partial charge in [-0.3, -0.25) is 0 Å². The smallest absolute Gasteiger partial charge is 0.121 e. The van der Waals surface area contributed by atoms with Gasteiger partial charge in [0.25, 0.3) is 0 Å². The van der Waals surface area contributed by atoms with E-state index in [2.05, 4.69) is 12.1 Å². The van der Waals surface area contributed by atoms with Crippen molar-refractivity contribution in [3.8, 4) is 5.75 Å². The first-order chi connectivity index (χ1) is 12.3. The molecule has 3 rings (SSSR count). The van der Waals surface area contributed by atoms with E-state index in [-0.39, 0.29) is 12.4 Å². The van der Waals surface area contributed by atoms with E-state index in [9.17, 15) is 10.2 Å². The minimum atomic E-state index is -0.151. The highest BCUT2D eigenvalue weighted by Crippen LogP contribution is 2.30. The van der Waals surface area contributed by atoms with Gasteiger partial charge in [-0.15, -0.1) is 0 Å². The molecule has 0 unspecified atom stereocenters. The Kier molecular flexibility index (Phi) is 15.6. The number of aromatic hydroxyl groups is 1. The van der Waals surface area contributed by atoms with Gasteiger partial charge in [-0.25, -0.2) is 0 Å². The van der Waals surface area contributed by atoms with Crippen LogP contribution in [-0.2, 0) is 6.61 Å². The van der Waals surface area contributed by atoms with E-state index in [1.807, 2.05) is 85.7 Å². The summed E-state index contributed by atoms with van der Waals surface area (Å²) in [5.74, 6) is 0.148. The maximum absolute atomic E-state index is 9.72. The summed E-state index contributed by atoms with van der Waals surface area (Å²) in [4.78, 5) is 0. The average Bonchev–Trinajstić information content (AvgIpc) is 2.72. The Morgan fingerprint density at radius 3 is 1.60 bits per heavy atom. The van der Waals surface area contributed by atoms with Crippen molar-refractivity contribution in [2.45, 2.75) is 62.0 Å². The minimum Gasteiger partial charge on any atom is -0.508 e. The number of benzene rings is 3. The highest BCUT2D eigenvalue weighted by Gasteiger charge is 2.06. The van der Waals surface area contributed by atoms with E-state index in [1.54, 1.807) is 6.07 Å². The van der Waals surface area contributed by atoms with Gasteiger partial charge in [0.1, 0.15) is 5.75 Å². The first-order valence-corrected chi connectivity index (χ1v) is 9.54. The second-order valence-electron chi connectivity index (χ2n) is 4.14. The molecule has 0 aliphatic rings. The Balaban J connectivity index is 0. The summed E-state index contributed by atoms with van der Waals surface area (Å²) in [5.41, 5.74) is 0.591. The first kappa shape index (κ1) is 25.2. The molecule has 0 radical (unpaired) electrons. The molecule has 25 heavy (non-hydrogen) atoms. The SMILES string of the molecule is CC.CC.CC.CC.OCc1c(O)ccc2cc3ccccc3cc12. The third kappa shape index (κ3) is 6.75. The summed E-state index contributed by atoms with van der Waals surface area (Å²) in [7, 11) is 0. The number of hydrogen-bond donors (Lipinski definition) is 2. The fraction of sp³-hybridized carbons (Fsp3) is 0.391. The monoisotopic (exact) mass is 344 g/mol. The van der Waals surface area contributed by atoms with Gasteiger partial charge < -0.3 is 10.2 Å². The molecule has 2 N–H and O–H groups in total. The van der Waals surface area contributed by atoms with Crippen LogP contribution >= 0.6 is 0 Å². The van der Waals surface area contributed by atoms with Crippen LogP contribution in [-0.4, -0.2) is 10.2 Å². The zero-order valence-electron chi connectivity index (χ0n) is 17.2. The van der Waals surface area contributed by atoms with Gasteiger partial charge in [0.2, 0.25) is 0 Å². The molecule has 0 aliphatic carbocycles. The van der Waals surface area contributed by atoms with Crippen LogP contribution in [0, 0.1) is 0 Å². The Bertz CT molecular complexity index is 703. The Morgan fingerprint density at radius 1 is 0.640 bits per heavy atom. The van der Waals surface area contributed by atoms with Crippen LogP contribution < -0.4 is 0 Å². The third-order valence-electron chi connectivity index (χ3n) is 3.13. The molecular formula is C23H36O2. The van der Waals surface area contributed by atoms with Crippen molar-refractivity contribution in [2.24, 2.45) is 0 Å². The molecule has 0 aromatic heterocycles. The molecule has 0 bridgehead atoms. The lowest BCUT2D eigenvalue weighted by atomic mass is 9.99. The van der Waals surface area contributed by atoms with Gasteiger partial charge in [-0.2, -0.15) is 0 Å². The predicted octanol–water partition coefficient (Wildman–Crippen LogP) is 7.30. The molecule has 0 spiro atoms. The highest BCUT2D eigenvalue weighted by molar-refractivity contribution is 6.00. The van der Waals surface area contributed by atoms with E-state index in [1.165, 1.54) is 0 Å². The van der Waals surface area contributed by atoms with Crippen LogP contribution in [0.2, 0.25) is 0 Å². The van der Waals surface area contributed by atoms with Crippen molar-refractivity contribution in [1.29, 1.82) is 0 Å². The Morgan fingerprint density at radius 2 is 1.12 bits per heavy atom. The van der Waals surface area contributed by atoms with Crippen molar-refractivity contribution in [3.63, 3.8) is 0 Å². The lowest BCUT2D eigenvalue weighted by Crippen LogP contribution is -1.87. The molecule has 140 valence electrons. The lowest BCUT2D eigenvalue weighted by Gasteiger charge is -2.08. The first-order valence-electron chi connectivity index (χ1n) is 9.54. The molecule has 0 saturated carbocycles. The number of phenols is 1. The molecule has 0 atom stereocenters. The van der Waals surface area contributed by atoms with Crippen LogP contribution in [0.1, 0.15) is 61.0 Å². The van der Waals surface area contributed by atoms with Crippen LogP contribution in [0.15, 0.2) is 48.5 Å². The molecular weight excluding hydrogens is 308 g/mol. The largest absolute Gasteiger partial charge is 0.508 e. The number of fused-ring (bicyclic) bond motifs is 2. The summed E-state index contributed by atoms with van der Waals surface area (Å²) in [5, 5.41) is 23.3. The van der Waals surface area contributed by atoms with Gasteiger partial charge in [0.05, 0.1) is 6.61 Å². The topological polar surface area (TPSA) is 40.5 Å². The number of aliphatic hydroxyl groups is 1. The summed E-state index contributed by atoms with van der Waals surface area (Å²) >= 11 is 0. The summed E-state index contributed by atoms with van der Waals surface area (Å²) in [6.07, 6.45) is 0. The van der Waals surface area contributed by atoms with E-state index in [0.717, 1.165) is 21.5 Å². The maximum Gasteiger partial charge on any atom is 0.121 e. The zero-order valence-corrected chi connectivity index (χ0v) is 17.2. The third-order valence-corrected chi connectivity index (χ3v) is 3.13. The molecule has 0 heterocycles. The molecule has 3 aromatic carbocycles. The van der Waals surface area contributed by atoms with Gasteiger partial charge >= 0.3 is 0 Å². The number of rotatable bonds is 1. The van der Waals surface area contributed by atoms with Crippen molar-refractivity contribution in [1.82, 2.24) is 0 Å². The molecule has 0 amide bonds. The quantitative estimate of drug-likeness (QED) is 0.455. The Hall–Kier alpha value is -2.06. The predicted molar refractivity (Wildman–Crippen MR) is 114 cm³/mol. The van der Waals surface area contributed by atoms with Gasteiger partial charge in [0, 0.05) is 5.56 Å². The van der Waals surface area contributed by atoms with E-state index < -0.39 is 0 Å². The van der Waals surface area contributed by atoms with E-state index >= 15 is 0 Å². The van der Waals surface area contributed by atoms with Crippen molar-refractivity contribution in [2.75, 3.05) is 0 Å². The van der Waals surface area contributed by atoms with Crippen molar-refractivity contribution >= 4 is 21.5 Å².